The van der Waals surface area contributed by atoms with E-state index in [9.17, 15) is 20.1 Å². The van der Waals surface area contributed by atoms with Gasteiger partial charge in [-0.25, -0.2) is 0 Å². The molecule has 0 saturated carbocycles. The van der Waals surface area contributed by atoms with Crippen LogP contribution >= 0.6 is 0 Å². The molecule has 60 heavy (non-hydrogen) atoms. The van der Waals surface area contributed by atoms with Crippen molar-refractivity contribution in [1.82, 2.24) is 5.32 Å². The van der Waals surface area contributed by atoms with Crippen LogP contribution in [0.1, 0.15) is 118 Å². The van der Waals surface area contributed by atoms with E-state index < -0.39 is 71.3 Å². The summed E-state index contributed by atoms with van der Waals surface area (Å²) in [6, 6.07) is 0. The van der Waals surface area contributed by atoms with Crippen molar-refractivity contribution in [3.63, 3.8) is 0 Å². The lowest BCUT2D eigenvalue weighted by atomic mass is 9.78. The third-order valence-corrected chi connectivity index (χ3v) is 15.6. The molecule has 5 N–H and O–H groups in total. The highest BCUT2D eigenvalue weighted by molar-refractivity contribution is 5.66. The molecular formula is C46H69NO13. The van der Waals surface area contributed by atoms with Crippen molar-refractivity contribution in [2.75, 3.05) is 6.54 Å². The highest BCUT2D eigenvalue weighted by atomic mass is 16.8. The molecule has 8 fully saturated rings. The van der Waals surface area contributed by atoms with Crippen LogP contribution in [0.15, 0.2) is 36.5 Å². The zero-order chi connectivity index (χ0) is 42.4. The van der Waals surface area contributed by atoms with Crippen molar-refractivity contribution in [3.8, 4) is 0 Å². The Morgan fingerprint density at radius 3 is 2.48 bits per heavy atom. The fourth-order valence-electron chi connectivity index (χ4n) is 12.5. The maximum Gasteiger partial charge on any atom is 0.303 e. The summed E-state index contributed by atoms with van der Waals surface area (Å²) in [6.45, 7) is 16.1. The number of allylic oxidation sites excluding steroid dienone is 1. The SMILES string of the molecule is C=C(C[C@@]12C[C@@H](C)C[C@@H](O1)[C@H]1O[C@]3(C[C@H]1O2)NC[C@H](C)C[C@@H]3C)[C@H]1O[C@@](O)([C@H](O)[C@@H]2C[C@H]3O[C@]4(CC[C@]5(CC=C[C@@H](C=CCCC(=O)O)O5)O4)[C@H](C)C[C@H]3O2)C[C@H](O)[C@@H]1C. The second-order valence-electron chi connectivity index (χ2n) is 20.5. The lowest BCUT2D eigenvalue weighted by Crippen LogP contribution is -2.61. The first-order chi connectivity index (χ1) is 28.4. The zero-order valence-corrected chi connectivity index (χ0v) is 36.0. The summed E-state index contributed by atoms with van der Waals surface area (Å²) in [5.74, 6) is -4.91. The van der Waals surface area contributed by atoms with Gasteiger partial charge in [0.25, 0.3) is 0 Å². The Bertz CT molecular complexity index is 1690. The van der Waals surface area contributed by atoms with Crippen molar-refractivity contribution in [1.29, 1.82) is 0 Å². The first kappa shape index (κ1) is 43.5. The fraction of sp³-hybridized carbons (Fsp3) is 0.848. The first-order valence-corrected chi connectivity index (χ1v) is 22.9. The minimum absolute atomic E-state index is 0.0502. The fourth-order valence-corrected chi connectivity index (χ4v) is 12.5. The molecule has 9 heterocycles. The second-order valence-corrected chi connectivity index (χ2v) is 20.5. The van der Waals surface area contributed by atoms with E-state index in [0.717, 1.165) is 25.8 Å². The van der Waals surface area contributed by atoms with Crippen molar-refractivity contribution >= 4 is 5.97 Å². The van der Waals surface area contributed by atoms with Gasteiger partial charge in [0.1, 0.15) is 17.9 Å². The molecule has 2 bridgehead atoms. The molecule has 336 valence electrons. The van der Waals surface area contributed by atoms with Crippen LogP contribution in [0.4, 0.5) is 0 Å². The standard InChI is InChI=1S/C46H69NO13/c1-25-17-35-40-37(23-44(58-40)28(4)16-26(2)24-47-44)56-43(20-25,55-35)21-27(3)39-30(6)32(48)22-45(52,59-39)41(51)36-19-34-33(53-36)18-29(5)46(57-34)15-14-42(60-46)13-9-11-31(54-42)10-7-8-12-38(49)50/h7,9-11,25-26,28-37,39-41,47-48,51-52H,3,8,12-24H2,1-2,4-6H3,(H,49,50)/t25-,26+,28-,29+,30-,31+,32-,33+,34+,35+,36-,37+,39+,40+,41+,42-,43-,44-,45+,46-/m0/s1. The van der Waals surface area contributed by atoms with Crippen molar-refractivity contribution in [3.05, 3.63) is 36.5 Å². The van der Waals surface area contributed by atoms with Crippen LogP contribution in [0.5, 0.6) is 0 Å². The summed E-state index contributed by atoms with van der Waals surface area (Å²) in [5.41, 5.74) is 0.197. The lowest BCUT2D eigenvalue weighted by molar-refractivity contribution is -0.367. The Morgan fingerprint density at radius 2 is 1.70 bits per heavy atom. The molecule has 20 atom stereocenters. The monoisotopic (exact) mass is 843 g/mol. The highest BCUT2D eigenvalue weighted by Crippen LogP contribution is 2.55. The smallest absolute Gasteiger partial charge is 0.303 e. The number of carboxylic acids is 1. The largest absolute Gasteiger partial charge is 0.481 e. The number of aliphatic hydroxyl groups is 3. The Morgan fingerprint density at radius 1 is 0.900 bits per heavy atom. The van der Waals surface area contributed by atoms with E-state index in [2.05, 4.69) is 39.6 Å². The topological polar surface area (TPSA) is 184 Å². The van der Waals surface area contributed by atoms with Gasteiger partial charge in [-0.15, -0.1) is 0 Å². The molecular weight excluding hydrogens is 775 g/mol. The quantitative estimate of drug-likeness (QED) is 0.196. The number of hydrogen-bond acceptors (Lipinski definition) is 13. The van der Waals surface area contributed by atoms with Gasteiger partial charge in [-0.1, -0.05) is 65.5 Å². The average Bonchev–Trinajstić information content (AvgIpc) is 3.87. The van der Waals surface area contributed by atoms with Crippen molar-refractivity contribution in [2.45, 2.75) is 208 Å². The molecule has 3 spiro atoms. The number of aliphatic hydroxyl groups excluding tert-OH is 2. The summed E-state index contributed by atoms with van der Waals surface area (Å²) in [6.07, 6.45) is 8.86. The third kappa shape index (κ3) is 7.91. The number of carboxylic acid groups (broad SMARTS) is 1. The van der Waals surface area contributed by atoms with Crippen LogP contribution in [-0.2, 0) is 42.7 Å². The Labute approximate surface area is 354 Å². The van der Waals surface area contributed by atoms with Crippen molar-refractivity contribution < 1.29 is 63.1 Å². The Balaban J connectivity index is 0.845. The van der Waals surface area contributed by atoms with Crippen LogP contribution in [0.25, 0.3) is 0 Å². The summed E-state index contributed by atoms with van der Waals surface area (Å²) >= 11 is 0. The number of hydrogen-bond donors (Lipinski definition) is 5. The molecule has 9 aliphatic rings. The highest BCUT2D eigenvalue weighted by Gasteiger charge is 2.64. The molecule has 9 rings (SSSR count). The van der Waals surface area contributed by atoms with Gasteiger partial charge >= 0.3 is 5.97 Å². The Hall–Kier alpha value is -1.79. The predicted octanol–water partition coefficient (Wildman–Crippen LogP) is 4.98. The maximum absolute atomic E-state index is 12.2. The number of aliphatic carboxylic acids is 1. The number of ether oxygens (including phenoxy) is 8. The van der Waals surface area contributed by atoms with E-state index in [-0.39, 0.29) is 49.3 Å². The van der Waals surface area contributed by atoms with Gasteiger partial charge in [0.2, 0.25) is 0 Å². The number of piperidine rings is 1. The number of nitrogens with one attached hydrogen (secondary N) is 1. The zero-order valence-electron chi connectivity index (χ0n) is 36.0. The minimum atomic E-state index is -2.12. The van der Waals surface area contributed by atoms with E-state index >= 15 is 0 Å². The number of fused-ring (bicyclic) bond motifs is 5. The van der Waals surface area contributed by atoms with Crippen LogP contribution in [0.2, 0.25) is 0 Å². The molecule has 9 aliphatic heterocycles. The van der Waals surface area contributed by atoms with Gasteiger partial charge in [-0.3, -0.25) is 10.1 Å². The van der Waals surface area contributed by atoms with E-state index in [1.54, 1.807) is 0 Å². The summed E-state index contributed by atoms with van der Waals surface area (Å²) in [7, 11) is 0. The summed E-state index contributed by atoms with van der Waals surface area (Å²) in [5, 5.41) is 48.3. The van der Waals surface area contributed by atoms with Crippen LogP contribution in [0, 0.1) is 29.6 Å². The van der Waals surface area contributed by atoms with Gasteiger partial charge in [0.05, 0.1) is 48.8 Å². The molecule has 0 radical (unpaired) electrons. The van der Waals surface area contributed by atoms with E-state index in [0.29, 0.717) is 74.7 Å². The van der Waals surface area contributed by atoms with Gasteiger partial charge in [0.15, 0.2) is 23.1 Å². The maximum atomic E-state index is 12.2. The molecule has 0 unspecified atom stereocenters. The Kier molecular flexibility index (Phi) is 11.6. The molecule has 0 aromatic carbocycles. The predicted molar refractivity (Wildman–Crippen MR) is 216 cm³/mol. The molecule has 0 aromatic rings. The molecule has 14 heteroatoms. The average molecular weight is 844 g/mol. The minimum Gasteiger partial charge on any atom is -0.481 e. The van der Waals surface area contributed by atoms with Gasteiger partial charge in [0, 0.05) is 76.2 Å². The van der Waals surface area contributed by atoms with Gasteiger partial charge in [-0.2, -0.15) is 0 Å². The number of rotatable bonds is 9. The summed E-state index contributed by atoms with van der Waals surface area (Å²) < 4.78 is 53.6. The normalized spacial score (nSPS) is 52.9. The molecule has 8 saturated heterocycles. The second kappa shape index (κ2) is 16.0. The van der Waals surface area contributed by atoms with E-state index in [4.69, 9.17) is 43.0 Å². The van der Waals surface area contributed by atoms with Crippen LogP contribution < -0.4 is 5.32 Å². The molecule has 0 aromatic heterocycles. The molecule has 0 aliphatic carbocycles. The lowest BCUT2D eigenvalue weighted by Gasteiger charge is -2.53. The third-order valence-electron chi connectivity index (χ3n) is 15.6. The molecule has 14 nitrogen and oxygen atoms in total. The van der Waals surface area contributed by atoms with Crippen LogP contribution in [0.3, 0.4) is 0 Å². The first-order valence-electron chi connectivity index (χ1n) is 22.9. The van der Waals surface area contributed by atoms with Crippen LogP contribution in [-0.4, -0.2) is 123 Å². The van der Waals surface area contributed by atoms with Gasteiger partial charge < -0.3 is 58.3 Å². The van der Waals surface area contributed by atoms with Crippen molar-refractivity contribution in [2.24, 2.45) is 29.6 Å². The van der Waals surface area contributed by atoms with Gasteiger partial charge in [-0.05, 0) is 49.0 Å². The van der Waals surface area contributed by atoms with E-state index in [1.807, 2.05) is 31.2 Å². The van der Waals surface area contributed by atoms with E-state index in [1.165, 1.54) is 0 Å². The summed E-state index contributed by atoms with van der Waals surface area (Å²) in [4.78, 5) is 10.9. The number of carbonyl (C=O) groups is 1. The molecule has 0 amide bonds.